The molecule has 0 saturated carbocycles. The van der Waals surface area contributed by atoms with Crippen LogP contribution in [0.25, 0.3) is 0 Å². The smallest absolute Gasteiger partial charge is 0.186 e. The van der Waals surface area contributed by atoms with E-state index in [1.165, 1.54) is 18.7 Å². The Morgan fingerprint density at radius 1 is 1.50 bits per heavy atom. The summed E-state index contributed by atoms with van der Waals surface area (Å²) in [5.74, 6) is 6.18. The molecule has 0 aliphatic carbocycles. The minimum Gasteiger partial charge on any atom is -0.288 e. The molecule has 0 aliphatic heterocycles. The summed E-state index contributed by atoms with van der Waals surface area (Å²) in [6, 6.07) is 3.67. The van der Waals surface area contributed by atoms with E-state index in [-0.39, 0.29) is 5.12 Å². The Hall–Kier alpha value is -1.34. The van der Waals surface area contributed by atoms with Gasteiger partial charge in [0.2, 0.25) is 0 Å². The zero-order valence-corrected chi connectivity index (χ0v) is 8.89. The quantitative estimate of drug-likeness (QED) is 0.652. The Morgan fingerprint density at radius 2 is 2.29 bits per heavy atom. The molecule has 0 N–H and O–H groups in total. The summed E-state index contributed by atoms with van der Waals surface area (Å²) in [4.78, 5) is 10.6. The molecule has 4 heteroatoms. The summed E-state index contributed by atoms with van der Waals surface area (Å²) in [6.45, 7) is 3.40. The van der Waals surface area contributed by atoms with Crippen molar-refractivity contribution in [2.75, 3.05) is 5.75 Å². The highest BCUT2D eigenvalue weighted by atomic mass is 32.2. The highest BCUT2D eigenvalue weighted by Crippen LogP contribution is 1.98. The van der Waals surface area contributed by atoms with Gasteiger partial charge in [0.15, 0.2) is 5.12 Å². The molecule has 1 rings (SSSR count). The Bertz CT molecular complexity index is 375. The van der Waals surface area contributed by atoms with Crippen molar-refractivity contribution in [2.45, 2.75) is 13.8 Å². The van der Waals surface area contributed by atoms with Crippen LogP contribution in [-0.2, 0) is 4.79 Å². The highest BCUT2D eigenvalue weighted by Gasteiger charge is 1.90. The number of carbonyl (C=O) groups excluding carboxylic acids is 1. The topological polar surface area (TPSA) is 42.9 Å². The van der Waals surface area contributed by atoms with E-state index in [1.807, 2.05) is 19.1 Å². The van der Waals surface area contributed by atoms with Gasteiger partial charge in [0, 0.05) is 6.92 Å². The van der Waals surface area contributed by atoms with Crippen molar-refractivity contribution in [1.82, 2.24) is 10.2 Å². The Labute approximate surface area is 87.3 Å². The SMILES string of the molecule is CC(=O)SCC#Cc1ccc(C)nn1. The standard InChI is InChI=1S/C10H10N2OS/c1-8-5-6-10(12-11-8)4-3-7-14-9(2)13/h5-6H,7H2,1-2H3. The molecule has 1 aromatic rings. The van der Waals surface area contributed by atoms with Gasteiger partial charge in [-0.15, -0.1) is 5.10 Å². The van der Waals surface area contributed by atoms with Crippen LogP contribution < -0.4 is 0 Å². The Balaban J connectivity index is 2.51. The van der Waals surface area contributed by atoms with Crippen LogP contribution in [0.1, 0.15) is 18.3 Å². The number of hydrogen-bond acceptors (Lipinski definition) is 4. The first kappa shape index (κ1) is 10.7. The first-order chi connectivity index (χ1) is 6.68. The van der Waals surface area contributed by atoms with Crippen LogP contribution in [0.15, 0.2) is 12.1 Å². The molecular weight excluding hydrogens is 196 g/mol. The third kappa shape index (κ3) is 4.06. The molecule has 0 fully saturated rings. The average Bonchev–Trinajstić information content (AvgIpc) is 2.15. The minimum absolute atomic E-state index is 0.0780. The van der Waals surface area contributed by atoms with Gasteiger partial charge in [-0.05, 0) is 25.0 Å². The second kappa shape index (κ2) is 5.40. The molecule has 0 unspecified atom stereocenters. The molecular formula is C10H10N2OS. The van der Waals surface area contributed by atoms with Gasteiger partial charge in [-0.3, -0.25) is 4.79 Å². The molecule has 72 valence electrons. The number of aryl methyl sites for hydroxylation is 1. The summed E-state index contributed by atoms with van der Waals surface area (Å²) in [5.41, 5.74) is 1.51. The van der Waals surface area contributed by atoms with Gasteiger partial charge in [-0.25, -0.2) is 0 Å². The summed E-state index contributed by atoms with van der Waals surface area (Å²) in [5, 5.41) is 7.82. The molecule has 0 aromatic carbocycles. The lowest BCUT2D eigenvalue weighted by Gasteiger charge is -1.89. The van der Waals surface area contributed by atoms with Crippen LogP contribution in [0.2, 0.25) is 0 Å². The summed E-state index contributed by atoms with van der Waals surface area (Å²) in [7, 11) is 0. The zero-order valence-electron chi connectivity index (χ0n) is 8.07. The van der Waals surface area contributed by atoms with Crippen molar-refractivity contribution in [3.8, 4) is 11.8 Å². The predicted molar refractivity (Wildman–Crippen MR) is 56.8 cm³/mol. The van der Waals surface area contributed by atoms with Crippen LogP contribution in [0.5, 0.6) is 0 Å². The lowest BCUT2D eigenvalue weighted by atomic mass is 10.3. The van der Waals surface area contributed by atoms with E-state index in [0.29, 0.717) is 11.4 Å². The molecule has 0 radical (unpaired) electrons. The monoisotopic (exact) mass is 206 g/mol. The van der Waals surface area contributed by atoms with Gasteiger partial charge >= 0.3 is 0 Å². The van der Waals surface area contributed by atoms with Crippen molar-refractivity contribution < 1.29 is 4.79 Å². The van der Waals surface area contributed by atoms with Crippen molar-refractivity contribution in [3.63, 3.8) is 0 Å². The molecule has 1 aromatic heterocycles. The van der Waals surface area contributed by atoms with E-state index in [9.17, 15) is 4.79 Å². The number of carbonyl (C=O) groups is 1. The van der Waals surface area contributed by atoms with Gasteiger partial charge < -0.3 is 0 Å². The summed E-state index contributed by atoms with van der Waals surface area (Å²) >= 11 is 1.19. The minimum atomic E-state index is 0.0780. The van der Waals surface area contributed by atoms with Gasteiger partial charge in [-0.1, -0.05) is 17.7 Å². The highest BCUT2D eigenvalue weighted by molar-refractivity contribution is 8.13. The largest absolute Gasteiger partial charge is 0.288 e. The molecule has 0 bridgehead atoms. The lowest BCUT2D eigenvalue weighted by Crippen LogP contribution is -1.89. The second-order valence-electron chi connectivity index (χ2n) is 2.64. The molecule has 0 saturated heterocycles. The first-order valence-electron chi connectivity index (χ1n) is 4.11. The Morgan fingerprint density at radius 3 is 2.86 bits per heavy atom. The van der Waals surface area contributed by atoms with Crippen molar-refractivity contribution in [3.05, 3.63) is 23.5 Å². The second-order valence-corrected chi connectivity index (χ2v) is 3.79. The van der Waals surface area contributed by atoms with E-state index < -0.39 is 0 Å². The van der Waals surface area contributed by atoms with Crippen LogP contribution >= 0.6 is 11.8 Å². The number of aromatic nitrogens is 2. The van der Waals surface area contributed by atoms with E-state index in [1.54, 1.807) is 0 Å². The fourth-order valence-electron chi connectivity index (χ4n) is 0.730. The van der Waals surface area contributed by atoms with Gasteiger partial charge in [0.25, 0.3) is 0 Å². The predicted octanol–water partition coefficient (Wildman–Crippen LogP) is 1.42. The zero-order chi connectivity index (χ0) is 10.4. The van der Waals surface area contributed by atoms with E-state index >= 15 is 0 Å². The molecule has 1 heterocycles. The third-order valence-corrected chi connectivity index (χ3v) is 2.06. The molecule has 0 aliphatic rings. The fourth-order valence-corrected chi connectivity index (χ4v) is 1.08. The number of hydrogen-bond donors (Lipinski definition) is 0. The maximum absolute atomic E-state index is 10.6. The van der Waals surface area contributed by atoms with Gasteiger partial charge in [-0.2, -0.15) is 5.10 Å². The van der Waals surface area contributed by atoms with Crippen LogP contribution in [0.4, 0.5) is 0 Å². The van der Waals surface area contributed by atoms with E-state index in [4.69, 9.17) is 0 Å². The molecule has 0 amide bonds. The number of rotatable bonds is 1. The third-order valence-electron chi connectivity index (χ3n) is 1.36. The van der Waals surface area contributed by atoms with Crippen LogP contribution in [-0.4, -0.2) is 21.1 Å². The van der Waals surface area contributed by atoms with E-state index in [0.717, 1.165) is 5.69 Å². The molecule has 0 atom stereocenters. The van der Waals surface area contributed by atoms with Gasteiger partial charge in [0.1, 0.15) is 5.69 Å². The maximum atomic E-state index is 10.6. The van der Waals surface area contributed by atoms with Gasteiger partial charge in [0.05, 0.1) is 11.4 Å². The normalized spacial score (nSPS) is 9.00. The summed E-state index contributed by atoms with van der Waals surface area (Å²) < 4.78 is 0. The summed E-state index contributed by atoms with van der Waals surface area (Å²) in [6.07, 6.45) is 0. The first-order valence-corrected chi connectivity index (χ1v) is 5.09. The van der Waals surface area contributed by atoms with Crippen molar-refractivity contribution >= 4 is 16.9 Å². The van der Waals surface area contributed by atoms with Crippen LogP contribution in [0.3, 0.4) is 0 Å². The average molecular weight is 206 g/mol. The molecule has 14 heavy (non-hydrogen) atoms. The number of nitrogens with zero attached hydrogens (tertiary/aromatic N) is 2. The van der Waals surface area contributed by atoms with Crippen LogP contribution in [0, 0.1) is 18.8 Å². The molecule has 3 nitrogen and oxygen atoms in total. The maximum Gasteiger partial charge on any atom is 0.186 e. The number of thioether (sulfide) groups is 1. The van der Waals surface area contributed by atoms with Crippen molar-refractivity contribution in [2.24, 2.45) is 0 Å². The lowest BCUT2D eigenvalue weighted by molar-refractivity contribution is -0.109. The van der Waals surface area contributed by atoms with E-state index in [2.05, 4.69) is 22.0 Å². The van der Waals surface area contributed by atoms with Crippen molar-refractivity contribution in [1.29, 1.82) is 0 Å². The Kier molecular flexibility index (Phi) is 4.14. The molecule has 0 spiro atoms. The fraction of sp³-hybridized carbons (Fsp3) is 0.300.